The standard InChI is InChI=1S/C6H10N4O2/c7-5-4(3-9-10-5)6(12)8-1-2-11/h3,11H,1-2H2,(H,8,12)(H3,7,9,10). The molecule has 0 saturated heterocycles. The molecule has 5 N–H and O–H groups in total. The number of carbonyl (C=O) groups excluding carboxylic acids is 1. The Morgan fingerprint density at radius 1 is 1.83 bits per heavy atom. The number of H-pyrrole nitrogens is 1. The van der Waals surface area contributed by atoms with Crippen LogP contribution in [0.15, 0.2) is 6.20 Å². The van der Waals surface area contributed by atoms with Crippen molar-refractivity contribution >= 4 is 11.7 Å². The summed E-state index contributed by atoms with van der Waals surface area (Å²) in [4.78, 5) is 11.1. The number of hydrogen-bond donors (Lipinski definition) is 4. The highest BCUT2D eigenvalue weighted by Crippen LogP contribution is 2.04. The maximum atomic E-state index is 11.1. The molecule has 1 aromatic heterocycles. The number of nitrogens with two attached hydrogens (primary N) is 1. The number of rotatable bonds is 3. The lowest BCUT2D eigenvalue weighted by Crippen LogP contribution is -2.26. The van der Waals surface area contributed by atoms with E-state index in [1.807, 2.05) is 0 Å². The average molecular weight is 170 g/mol. The summed E-state index contributed by atoms with van der Waals surface area (Å²) in [6.45, 7) is 0.118. The lowest BCUT2D eigenvalue weighted by molar-refractivity contribution is 0.0945. The van der Waals surface area contributed by atoms with Crippen molar-refractivity contribution in [2.24, 2.45) is 0 Å². The molecule has 6 heteroatoms. The van der Waals surface area contributed by atoms with E-state index in [0.717, 1.165) is 0 Å². The molecule has 0 radical (unpaired) electrons. The second kappa shape index (κ2) is 3.72. The number of aliphatic hydroxyl groups is 1. The second-order valence-corrected chi connectivity index (χ2v) is 2.18. The van der Waals surface area contributed by atoms with Gasteiger partial charge >= 0.3 is 0 Å². The number of anilines is 1. The molecule has 0 bridgehead atoms. The number of nitrogens with one attached hydrogen (secondary N) is 2. The van der Waals surface area contributed by atoms with Crippen molar-refractivity contribution in [3.8, 4) is 0 Å². The topological polar surface area (TPSA) is 104 Å². The normalized spacial score (nSPS) is 9.75. The Morgan fingerprint density at radius 2 is 2.58 bits per heavy atom. The molecule has 0 aliphatic heterocycles. The van der Waals surface area contributed by atoms with E-state index in [9.17, 15) is 4.79 Å². The van der Waals surface area contributed by atoms with Crippen LogP contribution >= 0.6 is 0 Å². The quantitative estimate of drug-likeness (QED) is 0.453. The van der Waals surface area contributed by atoms with Gasteiger partial charge in [-0.15, -0.1) is 0 Å². The number of aliphatic hydroxyl groups excluding tert-OH is 1. The average Bonchev–Trinajstić information content (AvgIpc) is 2.47. The predicted octanol–water partition coefficient (Wildman–Crippen LogP) is -1.29. The van der Waals surface area contributed by atoms with Gasteiger partial charge < -0.3 is 16.2 Å². The Kier molecular flexibility index (Phi) is 2.65. The third kappa shape index (κ3) is 1.73. The van der Waals surface area contributed by atoms with Crippen LogP contribution in [-0.2, 0) is 0 Å². The minimum Gasteiger partial charge on any atom is -0.395 e. The molecule has 0 aromatic carbocycles. The Morgan fingerprint density at radius 3 is 3.08 bits per heavy atom. The molecule has 0 spiro atoms. The van der Waals surface area contributed by atoms with E-state index in [-0.39, 0.29) is 24.9 Å². The number of nitrogens with zero attached hydrogens (tertiary/aromatic N) is 1. The van der Waals surface area contributed by atoms with Gasteiger partial charge in [-0.1, -0.05) is 0 Å². The van der Waals surface area contributed by atoms with Crippen molar-refractivity contribution in [1.82, 2.24) is 15.5 Å². The molecule has 6 nitrogen and oxygen atoms in total. The van der Waals surface area contributed by atoms with Crippen molar-refractivity contribution in [2.75, 3.05) is 18.9 Å². The summed E-state index contributed by atoms with van der Waals surface area (Å²) < 4.78 is 0. The van der Waals surface area contributed by atoms with E-state index in [2.05, 4.69) is 15.5 Å². The minimum absolute atomic E-state index is 0.0938. The van der Waals surface area contributed by atoms with Gasteiger partial charge in [0.2, 0.25) is 0 Å². The molecule has 0 aliphatic rings. The van der Waals surface area contributed by atoms with E-state index in [4.69, 9.17) is 10.8 Å². The van der Waals surface area contributed by atoms with Gasteiger partial charge in [0.15, 0.2) is 0 Å². The number of hydrogen-bond acceptors (Lipinski definition) is 4. The summed E-state index contributed by atoms with van der Waals surface area (Å²) in [5.74, 6) is -0.110. The van der Waals surface area contributed by atoms with Crippen LogP contribution in [0, 0.1) is 0 Å². The van der Waals surface area contributed by atoms with Crippen LogP contribution in [0.25, 0.3) is 0 Å². The summed E-state index contributed by atoms with van der Waals surface area (Å²) in [6.07, 6.45) is 1.34. The van der Waals surface area contributed by atoms with Crippen molar-refractivity contribution in [2.45, 2.75) is 0 Å². The molecular weight excluding hydrogens is 160 g/mol. The number of aromatic amines is 1. The van der Waals surface area contributed by atoms with Crippen LogP contribution in [-0.4, -0.2) is 34.4 Å². The number of nitrogen functional groups attached to an aromatic ring is 1. The highest BCUT2D eigenvalue weighted by molar-refractivity contribution is 5.97. The van der Waals surface area contributed by atoms with Crippen LogP contribution < -0.4 is 11.1 Å². The van der Waals surface area contributed by atoms with Gasteiger partial charge in [0.25, 0.3) is 5.91 Å². The second-order valence-electron chi connectivity index (χ2n) is 2.18. The monoisotopic (exact) mass is 170 g/mol. The van der Waals surface area contributed by atoms with Gasteiger partial charge in [-0.2, -0.15) is 5.10 Å². The summed E-state index contributed by atoms with van der Waals surface area (Å²) in [7, 11) is 0. The molecule has 0 aliphatic carbocycles. The first kappa shape index (κ1) is 8.54. The minimum atomic E-state index is -0.338. The molecule has 1 amide bonds. The number of aromatic nitrogens is 2. The van der Waals surface area contributed by atoms with Gasteiger partial charge in [-0.3, -0.25) is 9.89 Å². The first-order valence-electron chi connectivity index (χ1n) is 3.43. The Bertz CT molecular complexity index is 270. The predicted molar refractivity (Wildman–Crippen MR) is 42.4 cm³/mol. The van der Waals surface area contributed by atoms with Crippen LogP contribution in [0.2, 0.25) is 0 Å². The van der Waals surface area contributed by atoms with E-state index in [1.54, 1.807) is 0 Å². The van der Waals surface area contributed by atoms with Gasteiger partial charge in [-0.25, -0.2) is 0 Å². The van der Waals surface area contributed by atoms with Crippen LogP contribution in [0.1, 0.15) is 10.4 Å². The zero-order valence-corrected chi connectivity index (χ0v) is 6.37. The zero-order valence-electron chi connectivity index (χ0n) is 6.37. The van der Waals surface area contributed by atoms with Crippen LogP contribution in [0.4, 0.5) is 5.82 Å². The van der Waals surface area contributed by atoms with E-state index < -0.39 is 0 Å². The molecular formula is C6H10N4O2. The Hall–Kier alpha value is -1.56. The molecule has 12 heavy (non-hydrogen) atoms. The van der Waals surface area contributed by atoms with E-state index in [0.29, 0.717) is 5.56 Å². The van der Waals surface area contributed by atoms with Crippen molar-refractivity contribution in [3.05, 3.63) is 11.8 Å². The van der Waals surface area contributed by atoms with Crippen molar-refractivity contribution in [3.63, 3.8) is 0 Å². The number of carbonyl (C=O) groups is 1. The first-order chi connectivity index (χ1) is 5.75. The van der Waals surface area contributed by atoms with Gasteiger partial charge in [0, 0.05) is 6.54 Å². The SMILES string of the molecule is Nc1[nH]ncc1C(=O)NCCO. The van der Waals surface area contributed by atoms with Gasteiger partial charge in [0.1, 0.15) is 11.4 Å². The largest absolute Gasteiger partial charge is 0.395 e. The fourth-order valence-electron chi connectivity index (χ4n) is 0.742. The molecule has 0 unspecified atom stereocenters. The molecule has 1 aromatic rings. The molecule has 1 heterocycles. The number of amides is 1. The smallest absolute Gasteiger partial charge is 0.256 e. The molecule has 66 valence electrons. The van der Waals surface area contributed by atoms with Crippen LogP contribution in [0.5, 0.6) is 0 Å². The molecule has 0 saturated carbocycles. The van der Waals surface area contributed by atoms with Crippen molar-refractivity contribution < 1.29 is 9.90 Å². The Labute approximate surface area is 68.8 Å². The highest BCUT2D eigenvalue weighted by atomic mass is 16.3. The Balaban J connectivity index is 2.59. The third-order valence-electron chi connectivity index (χ3n) is 1.31. The summed E-state index contributed by atoms with van der Waals surface area (Å²) in [6, 6.07) is 0. The van der Waals surface area contributed by atoms with Gasteiger partial charge in [0.05, 0.1) is 12.8 Å². The maximum Gasteiger partial charge on any atom is 0.256 e. The summed E-state index contributed by atoms with van der Waals surface area (Å²) in [5.41, 5.74) is 5.67. The fourth-order valence-corrected chi connectivity index (χ4v) is 0.742. The molecule has 0 atom stereocenters. The summed E-state index contributed by atoms with van der Waals surface area (Å²) in [5, 5.41) is 16.9. The molecule has 1 rings (SSSR count). The zero-order chi connectivity index (χ0) is 8.97. The maximum absolute atomic E-state index is 11.1. The van der Waals surface area contributed by atoms with Crippen LogP contribution in [0.3, 0.4) is 0 Å². The lowest BCUT2D eigenvalue weighted by atomic mass is 10.3. The van der Waals surface area contributed by atoms with Gasteiger partial charge in [-0.05, 0) is 0 Å². The van der Waals surface area contributed by atoms with E-state index in [1.165, 1.54) is 6.20 Å². The van der Waals surface area contributed by atoms with E-state index >= 15 is 0 Å². The first-order valence-corrected chi connectivity index (χ1v) is 3.43. The lowest BCUT2D eigenvalue weighted by Gasteiger charge is -1.99. The fraction of sp³-hybridized carbons (Fsp3) is 0.333. The summed E-state index contributed by atoms with van der Waals surface area (Å²) >= 11 is 0. The highest BCUT2D eigenvalue weighted by Gasteiger charge is 2.09. The van der Waals surface area contributed by atoms with Crippen molar-refractivity contribution in [1.29, 1.82) is 0 Å². The third-order valence-corrected chi connectivity index (χ3v) is 1.31. The molecule has 0 fully saturated rings.